The molecule has 2 aromatic heterocycles. The maximum atomic E-state index is 12.7. The van der Waals surface area contributed by atoms with Gasteiger partial charge in [-0.2, -0.15) is 0 Å². The first-order valence-electron chi connectivity index (χ1n) is 7.86. The van der Waals surface area contributed by atoms with Crippen molar-refractivity contribution in [3.63, 3.8) is 0 Å². The molecule has 3 heterocycles. The lowest BCUT2D eigenvalue weighted by molar-refractivity contribution is 0.0297. The number of benzene rings is 1. The first kappa shape index (κ1) is 15.3. The zero-order valence-electron chi connectivity index (χ0n) is 13.3. The third-order valence-corrected chi connectivity index (χ3v) is 4.72. The Labute approximate surface area is 144 Å². The van der Waals surface area contributed by atoms with Crippen LogP contribution < -0.4 is 0 Å². The number of aryl methyl sites for hydroxylation is 1. The minimum absolute atomic E-state index is 0.00601. The lowest BCUT2D eigenvalue weighted by atomic mass is 10.2. The average molecular weight is 345 g/mol. The number of nitrogens with zero attached hydrogens (tertiary/aromatic N) is 2. The van der Waals surface area contributed by atoms with E-state index in [0.29, 0.717) is 48.4 Å². The van der Waals surface area contributed by atoms with E-state index >= 15 is 0 Å². The maximum absolute atomic E-state index is 12.7. The molecule has 1 aromatic carbocycles. The van der Waals surface area contributed by atoms with Crippen LogP contribution in [0.25, 0.3) is 22.4 Å². The van der Waals surface area contributed by atoms with Gasteiger partial charge >= 0.3 is 0 Å². The van der Waals surface area contributed by atoms with Crippen LogP contribution >= 0.6 is 11.6 Å². The minimum Gasteiger partial charge on any atom is -0.454 e. The highest BCUT2D eigenvalue weighted by atomic mass is 35.5. The van der Waals surface area contributed by atoms with Crippen molar-refractivity contribution in [3.05, 3.63) is 47.1 Å². The zero-order valence-corrected chi connectivity index (χ0v) is 14.0. The molecular formula is C18H17ClN2O3. The van der Waals surface area contributed by atoms with Crippen LogP contribution in [0.1, 0.15) is 10.5 Å². The highest BCUT2D eigenvalue weighted by Crippen LogP contribution is 2.33. The fourth-order valence-electron chi connectivity index (χ4n) is 3.04. The molecule has 0 saturated carbocycles. The van der Waals surface area contributed by atoms with Gasteiger partial charge in [0.25, 0.3) is 5.91 Å². The molecule has 6 heteroatoms. The number of morpholine rings is 1. The summed E-state index contributed by atoms with van der Waals surface area (Å²) in [5, 5.41) is 0.640. The second-order valence-electron chi connectivity index (χ2n) is 5.83. The van der Waals surface area contributed by atoms with E-state index < -0.39 is 0 Å². The van der Waals surface area contributed by atoms with Gasteiger partial charge in [-0.25, -0.2) is 0 Å². The molecule has 1 saturated heterocycles. The molecule has 0 aliphatic carbocycles. The Morgan fingerprint density at radius 2 is 1.92 bits per heavy atom. The molecule has 0 unspecified atom stereocenters. The van der Waals surface area contributed by atoms with Crippen molar-refractivity contribution >= 4 is 28.6 Å². The van der Waals surface area contributed by atoms with E-state index in [1.807, 2.05) is 46.8 Å². The van der Waals surface area contributed by atoms with Crippen molar-refractivity contribution < 1.29 is 13.9 Å². The molecule has 1 aliphatic heterocycles. The van der Waals surface area contributed by atoms with Crippen LogP contribution in [-0.4, -0.2) is 41.7 Å². The Morgan fingerprint density at radius 1 is 1.17 bits per heavy atom. The molecule has 0 radical (unpaired) electrons. The first-order valence-corrected chi connectivity index (χ1v) is 8.24. The molecule has 1 fully saturated rings. The standard InChI is InChI=1S/C18H17ClN2O3/c1-20-14-10-16(12-4-2-3-5-13(12)19)24-17(14)11-15(20)18(22)21-6-8-23-9-7-21/h2-5,10-11H,6-9H2,1H3. The van der Waals surface area contributed by atoms with Gasteiger partial charge in [0, 0.05) is 37.8 Å². The Hall–Kier alpha value is -2.24. The van der Waals surface area contributed by atoms with Gasteiger partial charge in [0.2, 0.25) is 0 Å². The van der Waals surface area contributed by atoms with Gasteiger partial charge in [-0.05, 0) is 12.1 Å². The van der Waals surface area contributed by atoms with E-state index in [1.54, 1.807) is 6.07 Å². The number of rotatable bonds is 2. The summed E-state index contributed by atoms with van der Waals surface area (Å²) >= 11 is 6.24. The van der Waals surface area contributed by atoms with E-state index in [4.69, 9.17) is 20.8 Å². The molecular weight excluding hydrogens is 328 g/mol. The molecule has 1 aliphatic rings. The van der Waals surface area contributed by atoms with Gasteiger partial charge < -0.3 is 18.6 Å². The van der Waals surface area contributed by atoms with Crippen molar-refractivity contribution in [2.24, 2.45) is 7.05 Å². The third kappa shape index (κ3) is 2.50. The van der Waals surface area contributed by atoms with Crippen molar-refractivity contribution in [1.82, 2.24) is 9.47 Å². The zero-order chi connectivity index (χ0) is 16.7. The van der Waals surface area contributed by atoms with Crippen LogP contribution in [0.15, 0.2) is 40.8 Å². The summed E-state index contributed by atoms with van der Waals surface area (Å²) in [6.45, 7) is 2.42. The Balaban J connectivity index is 1.71. The van der Waals surface area contributed by atoms with Gasteiger partial charge in [-0.15, -0.1) is 0 Å². The summed E-state index contributed by atoms with van der Waals surface area (Å²) < 4.78 is 13.1. The number of furan rings is 1. The fourth-order valence-corrected chi connectivity index (χ4v) is 3.27. The minimum atomic E-state index is 0.00601. The molecule has 0 spiro atoms. The van der Waals surface area contributed by atoms with Gasteiger partial charge in [-0.1, -0.05) is 23.7 Å². The van der Waals surface area contributed by atoms with Crippen molar-refractivity contribution in [2.45, 2.75) is 0 Å². The van der Waals surface area contributed by atoms with Crippen molar-refractivity contribution in [3.8, 4) is 11.3 Å². The fraction of sp³-hybridized carbons (Fsp3) is 0.278. The quantitative estimate of drug-likeness (QED) is 0.714. The van der Waals surface area contributed by atoms with Crippen LogP contribution in [0.5, 0.6) is 0 Å². The van der Waals surface area contributed by atoms with Gasteiger partial charge in [-0.3, -0.25) is 4.79 Å². The summed E-state index contributed by atoms with van der Waals surface area (Å²) in [5.74, 6) is 0.707. The predicted molar refractivity (Wildman–Crippen MR) is 92.4 cm³/mol. The summed E-state index contributed by atoms with van der Waals surface area (Å²) in [7, 11) is 1.88. The number of aromatic nitrogens is 1. The number of carbonyl (C=O) groups is 1. The van der Waals surface area contributed by atoms with Crippen LogP contribution in [0.2, 0.25) is 5.02 Å². The predicted octanol–water partition coefficient (Wildman–Crippen LogP) is 3.56. The lowest BCUT2D eigenvalue weighted by Crippen LogP contribution is -2.41. The summed E-state index contributed by atoms with van der Waals surface area (Å²) in [6, 6.07) is 11.3. The molecule has 3 aromatic rings. The normalized spacial score (nSPS) is 15.2. The second-order valence-corrected chi connectivity index (χ2v) is 6.24. The molecule has 0 bridgehead atoms. The van der Waals surface area contributed by atoms with Gasteiger partial charge in [0.15, 0.2) is 5.58 Å². The van der Waals surface area contributed by atoms with E-state index in [9.17, 15) is 4.79 Å². The SMILES string of the molecule is Cn1c(C(=O)N2CCOCC2)cc2oc(-c3ccccc3Cl)cc21. The largest absolute Gasteiger partial charge is 0.454 e. The molecule has 4 rings (SSSR count). The van der Waals surface area contributed by atoms with Gasteiger partial charge in [0.05, 0.1) is 23.8 Å². The Bertz CT molecular complexity index is 906. The van der Waals surface area contributed by atoms with Crippen molar-refractivity contribution in [1.29, 1.82) is 0 Å². The summed E-state index contributed by atoms with van der Waals surface area (Å²) in [6.07, 6.45) is 0. The summed E-state index contributed by atoms with van der Waals surface area (Å²) in [5.41, 5.74) is 3.03. The number of halogens is 1. The highest BCUT2D eigenvalue weighted by molar-refractivity contribution is 6.33. The smallest absolute Gasteiger partial charge is 0.270 e. The van der Waals surface area contributed by atoms with E-state index in [2.05, 4.69) is 0 Å². The Kier molecular flexibility index (Phi) is 3.82. The molecule has 1 amide bonds. The number of carbonyl (C=O) groups excluding carboxylic acids is 1. The van der Waals surface area contributed by atoms with E-state index in [0.717, 1.165) is 11.1 Å². The van der Waals surface area contributed by atoms with Crippen LogP contribution in [0.4, 0.5) is 0 Å². The Morgan fingerprint density at radius 3 is 2.62 bits per heavy atom. The van der Waals surface area contributed by atoms with E-state index in [-0.39, 0.29) is 5.91 Å². The number of hydrogen-bond acceptors (Lipinski definition) is 3. The van der Waals surface area contributed by atoms with Crippen LogP contribution in [-0.2, 0) is 11.8 Å². The lowest BCUT2D eigenvalue weighted by Gasteiger charge is -2.26. The number of fused-ring (bicyclic) bond motifs is 1. The number of amides is 1. The van der Waals surface area contributed by atoms with Crippen LogP contribution in [0, 0.1) is 0 Å². The molecule has 0 N–H and O–H groups in total. The molecule has 5 nitrogen and oxygen atoms in total. The monoisotopic (exact) mass is 344 g/mol. The average Bonchev–Trinajstić information content (AvgIpc) is 3.15. The molecule has 24 heavy (non-hydrogen) atoms. The number of ether oxygens (including phenoxy) is 1. The highest BCUT2D eigenvalue weighted by Gasteiger charge is 2.23. The number of hydrogen-bond donors (Lipinski definition) is 0. The van der Waals surface area contributed by atoms with Gasteiger partial charge in [0.1, 0.15) is 11.5 Å². The second kappa shape index (κ2) is 6.00. The van der Waals surface area contributed by atoms with E-state index in [1.165, 1.54) is 0 Å². The maximum Gasteiger partial charge on any atom is 0.270 e. The van der Waals surface area contributed by atoms with Crippen molar-refractivity contribution in [2.75, 3.05) is 26.3 Å². The topological polar surface area (TPSA) is 47.6 Å². The molecule has 0 atom stereocenters. The summed E-state index contributed by atoms with van der Waals surface area (Å²) in [4.78, 5) is 14.5. The first-order chi connectivity index (χ1) is 11.6. The molecule has 124 valence electrons. The third-order valence-electron chi connectivity index (χ3n) is 4.39. The van der Waals surface area contributed by atoms with Crippen LogP contribution in [0.3, 0.4) is 0 Å².